The summed E-state index contributed by atoms with van der Waals surface area (Å²) in [6, 6.07) is 4.66. The largest absolute Gasteiger partial charge is 0.357 e. The molecule has 0 radical (unpaired) electrons. The SMILES string of the molecule is CCNC(=NCC1CCCN(Cc2cccs2)C1)NC1CCN(C(=O)C(C)C)C1. The van der Waals surface area contributed by atoms with Crippen molar-refractivity contribution in [2.24, 2.45) is 16.8 Å². The van der Waals surface area contributed by atoms with Gasteiger partial charge in [0.1, 0.15) is 0 Å². The van der Waals surface area contributed by atoms with Gasteiger partial charge in [0.05, 0.1) is 0 Å². The first kappa shape index (κ1) is 22.1. The van der Waals surface area contributed by atoms with E-state index in [0.29, 0.717) is 5.92 Å². The molecule has 2 aliphatic rings. The van der Waals surface area contributed by atoms with Crippen molar-refractivity contribution in [3.05, 3.63) is 22.4 Å². The third-order valence-electron chi connectivity index (χ3n) is 5.75. The van der Waals surface area contributed by atoms with Crippen molar-refractivity contribution in [2.45, 2.75) is 52.6 Å². The minimum absolute atomic E-state index is 0.0686. The van der Waals surface area contributed by atoms with Crippen molar-refractivity contribution in [2.75, 3.05) is 39.3 Å². The molecule has 0 bridgehead atoms. The van der Waals surface area contributed by atoms with Crippen molar-refractivity contribution in [3.8, 4) is 0 Å². The smallest absolute Gasteiger partial charge is 0.225 e. The highest BCUT2D eigenvalue weighted by molar-refractivity contribution is 7.09. The van der Waals surface area contributed by atoms with Crippen molar-refractivity contribution in [1.29, 1.82) is 0 Å². The molecule has 2 aliphatic heterocycles. The van der Waals surface area contributed by atoms with E-state index in [2.05, 4.69) is 40.0 Å². The van der Waals surface area contributed by atoms with E-state index in [4.69, 9.17) is 4.99 Å². The second-order valence-corrected chi connectivity index (χ2v) is 9.64. The second-order valence-electron chi connectivity index (χ2n) is 8.61. The Morgan fingerprint density at radius 2 is 2.17 bits per heavy atom. The van der Waals surface area contributed by atoms with Crippen LogP contribution >= 0.6 is 11.3 Å². The summed E-state index contributed by atoms with van der Waals surface area (Å²) in [5.74, 6) is 1.83. The number of aliphatic imine (C=N–C) groups is 1. The lowest BCUT2D eigenvalue weighted by Gasteiger charge is -2.31. The van der Waals surface area contributed by atoms with Crippen LogP contribution in [0.15, 0.2) is 22.5 Å². The lowest BCUT2D eigenvalue weighted by Crippen LogP contribution is -2.45. The van der Waals surface area contributed by atoms with E-state index in [0.717, 1.165) is 51.6 Å². The molecule has 162 valence electrons. The van der Waals surface area contributed by atoms with Gasteiger partial charge in [0.2, 0.25) is 5.91 Å². The average Bonchev–Trinajstić information content (AvgIpc) is 3.38. The summed E-state index contributed by atoms with van der Waals surface area (Å²) in [6.45, 7) is 12.8. The fraction of sp³-hybridized carbons (Fsp3) is 0.727. The predicted octanol–water partition coefficient (Wildman–Crippen LogP) is 2.77. The van der Waals surface area contributed by atoms with Crippen molar-refractivity contribution < 1.29 is 4.79 Å². The number of hydrogen-bond donors (Lipinski definition) is 2. The number of rotatable bonds is 7. The quantitative estimate of drug-likeness (QED) is 0.527. The fourth-order valence-electron chi connectivity index (χ4n) is 4.24. The van der Waals surface area contributed by atoms with Crippen LogP contribution < -0.4 is 10.6 Å². The third-order valence-corrected chi connectivity index (χ3v) is 6.61. The molecule has 7 heteroatoms. The standard InChI is InChI=1S/C22H37N5OS/c1-4-23-22(25-19-9-11-27(15-19)21(28)17(2)3)24-13-18-7-5-10-26(14-18)16-20-8-6-12-29-20/h6,8,12,17-19H,4-5,7,9-11,13-16H2,1-3H3,(H2,23,24,25). The summed E-state index contributed by atoms with van der Waals surface area (Å²) in [7, 11) is 0. The molecule has 29 heavy (non-hydrogen) atoms. The van der Waals surface area contributed by atoms with Gasteiger partial charge in [-0.2, -0.15) is 0 Å². The number of amides is 1. The van der Waals surface area contributed by atoms with Gasteiger partial charge in [0.15, 0.2) is 5.96 Å². The molecule has 1 amide bonds. The maximum atomic E-state index is 12.2. The van der Waals surface area contributed by atoms with Crippen LogP contribution in [0.2, 0.25) is 0 Å². The molecule has 3 rings (SSSR count). The Bertz CT molecular complexity index is 660. The Labute approximate surface area is 179 Å². The number of guanidine groups is 1. The van der Waals surface area contributed by atoms with Gasteiger partial charge >= 0.3 is 0 Å². The van der Waals surface area contributed by atoms with Gasteiger partial charge in [0.25, 0.3) is 0 Å². The molecule has 2 saturated heterocycles. The minimum atomic E-state index is 0.0686. The molecule has 6 nitrogen and oxygen atoms in total. The lowest BCUT2D eigenvalue weighted by molar-refractivity contribution is -0.133. The summed E-state index contributed by atoms with van der Waals surface area (Å²) >= 11 is 1.85. The van der Waals surface area contributed by atoms with Gasteiger partial charge in [-0.05, 0) is 50.1 Å². The van der Waals surface area contributed by atoms with Crippen LogP contribution in [0.4, 0.5) is 0 Å². The maximum Gasteiger partial charge on any atom is 0.225 e. The molecule has 1 aromatic heterocycles. The number of likely N-dealkylation sites (tertiary alicyclic amines) is 2. The topological polar surface area (TPSA) is 60.0 Å². The van der Waals surface area contributed by atoms with E-state index in [-0.39, 0.29) is 17.9 Å². The summed E-state index contributed by atoms with van der Waals surface area (Å²) < 4.78 is 0. The first-order valence-corrected chi connectivity index (χ1v) is 12.0. The maximum absolute atomic E-state index is 12.2. The molecule has 2 atom stereocenters. The summed E-state index contributed by atoms with van der Waals surface area (Å²) in [5.41, 5.74) is 0. The zero-order valence-electron chi connectivity index (χ0n) is 18.2. The number of carbonyl (C=O) groups excluding carboxylic acids is 1. The number of nitrogens with zero attached hydrogens (tertiary/aromatic N) is 3. The molecule has 0 aliphatic carbocycles. The molecule has 0 saturated carbocycles. The number of thiophene rings is 1. The summed E-state index contributed by atoms with van der Waals surface area (Å²) in [4.78, 5) is 23.1. The highest BCUT2D eigenvalue weighted by atomic mass is 32.1. The summed E-state index contributed by atoms with van der Waals surface area (Å²) in [5, 5.41) is 9.11. The molecule has 2 fully saturated rings. The Hall–Kier alpha value is -1.60. The molecule has 2 unspecified atom stereocenters. The molecular formula is C22H37N5OS. The highest BCUT2D eigenvalue weighted by Gasteiger charge is 2.28. The Balaban J connectivity index is 1.49. The number of carbonyl (C=O) groups is 1. The van der Waals surface area contributed by atoms with Gasteiger partial charge in [-0.25, -0.2) is 0 Å². The zero-order valence-corrected chi connectivity index (χ0v) is 19.0. The van der Waals surface area contributed by atoms with Crippen LogP contribution in [-0.4, -0.2) is 67.0 Å². The van der Waals surface area contributed by atoms with E-state index in [1.807, 2.05) is 30.1 Å². The Kier molecular flexibility index (Phi) is 8.36. The zero-order chi connectivity index (χ0) is 20.6. The van der Waals surface area contributed by atoms with Gasteiger partial charge in [-0.15, -0.1) is 11.3 Å². The number of piperidine rings is 1. The van der Waals surface area contributed by atoms with Gasteiger partial charge < -0.3 is 15.5 Å². The van der Waals surface area contributed by atoms with E-state index in [9.17, 15) is 4.79 Å². The predicted molar refractivity (Wildman–Crippen MR) is 121 cm³/mol. The normalized spacial score (nSPS) is 23.6. The van der Waals surface area contributed by atoms with E-state index in [1.165, 1.54) is 24.3 Å². The Morgan fingerprint density at radius 1 is 1.31 bits per heavy atom. The second kappa shape index (κ2) is 11.0. The first-order chi connectivity index (χ1) is 14.0. The van der Waals surface area contributed by atoms with E-state index in [1.54, 1.807) is 0 Å². The van der Waals surface area contributed by atoms with Crippen LogP contribution in [0, 0.1) is 11.8 Å². The van der Waals surface area contributed by atoms with Crippen molar-refractivity contribution in [3.63, 3.8) is 0 Å². The lowest BCUT2D eigenvalue weighted by atomic mass is 9.98. The fourth-order valence-corrected chi connectivity index (χ4v) is 4.99. The highest BCUT2D eigenvalue weighted by Crippen LogP contribution is 2.20. The van der Waals surface area contributed by atoms with Crippen LogP contribution in [0.1, 0.15) is 44.9 Å². The van der Waals surface area contributed by atoms with Crippen LogP contribution in [0.5, 0.6) is 0 Å². The van der Waals surface area contributed by atoms with Gasteiger partial charge in [-0.1, -0.05) is 19.9 Å². The van der Waals surface area contributed by atoms with Crippen LogP contribution in [0.25, 0.3) is 0 Å². The number of nitrogens with one attached hydrogen (secondary N) is 2. The first-order valence-electron chi connectivity index (χ1n) is 11.1. The minimum Gasteiger partial charge on any atom is -0.357 e. The van der Waals surface area contributed by atoms with Gasteiger partial charge in [-0.3, -0.25) is 14.7 Å². The van der Waals surface area contributed by atoms with Crippen LogP contribution in [-0.2, 0) is 11.3 Å². The van der Waals surface area contributed by atoms with Gasteiger partial charge in [0, 0.05) is 56.1 Å². The number of hydrogen-bond acceptors (Lipinski definition) is 4. The molecule has 1 aromatic rings. The van der Waals surface area contributed by atoms with Crippen molar-refractivity contribution in [1.82, 2.24) is 20.4 Å². The third kappa shape index (κ3) is 6.71. The Morgan fingerprint density at radius 3 is 2.90 bits per heavy atom. The van der Waals surface area contributed by atoms with E-state index >= 15 is 0 Å². The van der Waals surface area contributed by atoms with E-state index < -0.39 is 0 Å². The molecule has 0 spiro atoms. The molecule has 3 heterocycles. The van der Waals surface area contributed by atoms with Crippen LogP contribution in [0.3, 0.4) is 0 Å². The summed E-state index contributed by atoms with van der Waals surface area (Å²) in [6.07, 6.45) is 3.50. The molecule has 2 N–H and O–H groups in total. The molecule has 0 aromatic carbocycles. The van der Waals surface area contributed by atoms with Crippen molar-refractivity contribution >= 4 is 23.2 Å². The monoisotopic (exact) mass is 419 g/mol. The molecular weight excluding hydrogens is 382 g/mol. The average molecular weight is 420 g/mol.